The minimum atomic E-state index is 0.0880. The molecule has 0 unspecified atom stereocenters. The fourth-order valence-corrected chi connectivity index (χ4v) is 3.68. The first kappa shape index (κ1) is 15.3. The minimum Gasteiger partial charge on any atom is -0.484 e. The van der Waals surface area contributed by atoms with Crippen LogP contribution in [0, 0.1) is 17.8 Å². The second kappa shape index (κ2) is 7.14. The number of aliphatic hydroxyl groups is 1. The predicted octanol–water partition coefficient (Wildman–Crippen LogP) is 2.32. The van der Waals surface area contributed by atoms with Gasteiger partial charge < -0.3 is 14.7 Å². The Morgan fingerprint density at radius 2 is 1.95 bits per heavy atom. The number of carbonyl (C=O) groups excluding carboxylic acids is 1. The molecule has 1 aliphatic heterocycles. The van der Waals surface area contributed by atoms with Gasteiger partial charge in [-0.15, -0.1) is 0 Å². The lowest BCUT2D eigenvalue weighted by Gasteiger charge is -2.32. The molecule has 1 aromatic carbocycles. The van der Waals surface area contributed by atoms with E-state index in [2.05, 4.69) is 0 Å². The monoisotopic (exact) mass is 303 g/mol. The largest absolute Gasteiger partial charge is 0.484 e. The number of aliphatic hydroxyl groups excluding tert-OH is 1. The third kappa shape index (κ3) is 3.80. The number of hydrogen-bond donors (Lipinski definition) is 1. The summed E-state index contributed by atoms with van der Waals surface area (Å²) in [7, 11) is 0. The molecule has 1 saturated carbocycles. The van der Waals surface area contributed by atoms with E-state index in [1.165, 1.54) is 6.42 Å². The van der Waals surface area contributed by atoms with Crippen molar-refractivity contribution in [2.24, 2.45) is 17.8 Å². The predicted molar refractivity (Wildman–Crippen MR) is 84.5 cm³/mol. The number of ether oxygens (including phenoxy) is 1. The van der Waals surface area contributed by atoms with Crippen LogP contribution in [-0.4, -0.2) is 42.2 Å². The van der Waals surface area contributed by atoms with Crippen LogP contribution in [0.2, 0.25) is 0 Å². The van der Waals surface area contributed by atoms with Crippen LogP contribution >= 0.6 is 0 Å². The number of rotatable bonds is 6. The molecule has 120 valence electrons. The molecule has 1 amide bonds. The molecule has 22 heavy (non-hydrogen) atoms. The maximum atomic E-state index is 12.2. The van der Waals surface area contributed by atoms with Gasteiger partial charge in [-0.25, -0.2) is 0 Å². The summed E-state index contributed by atoms with van der Waals surface area (Å²) in [4.78, 5) is 14.1. The maximum Gasteiger partial charge on any atom is 0.260 e. The zero-order chi connectivity index (χ0) is 15.4. The lowest BCUT2D eigenvalue weighted by atomic mass is 9.90. The van der Waals surface area contributed by atoms with Crippen molar-refractivity contribution >= 4 is 5.91 Å². The number of amides is 1. The van der Waals surface area contributed by atoms with Gasteiger partial charge in [-0.1, -0.05) is 18.2 Å². The highest BCUT2D eigenvalue weighted by Crippen LogP contribution is 2.49. The van der Waals surface area contributed by atoms with E-state index >= 15 is 0 Å². The molecular formula is C18H25NO3. The topological polar surface area (TPSA) is 49.8 Å². The van der Waals surface area contributed by atoms with Crippen LogP contribution < -0.4 is 4.74 Å². The number of carbonyl (C=O) groups is 1. The lowest BCUT2D eigenvalue weighted by Crippen LogP contribution is -2.41. The molecule has 1 heterocycles. The van der Waals surface area contributed by atoms with Crippen molar-refractivity contribution in [3.8, 4) is 5.75 Å². The number of likely N-dealkylation sites (tertiary alicyclic amines) is 1. The van der Waals surface area contributed by atoms with E-state index in [0.29, 0.717) is 6.61 Å². The first-order chi connectivity index (χ1) is 10.8. The number of piperidine rings is 1. The van der Waals surface area contributed by atoms with Crippen molar-refractivity contribution in [2.75, 3.05) is 26.3 Å². The van der Waals surface area contributed by atoms with E-state index in [1.54, 1.807) is 0 Å². The summed E-state index contributed by atoms with van der Waals surface area (Å²) < 4.78 is 5.54. The smallest absolute Gasteiger partial charge is 0.260 e. The van der Waals surface area contributed by atoms with Gasteiger partial charge in [0.2, 0.25) is 0 Å². The molecule has 4 heteroatoms. The molecule has 1 aliphatic carbocycles. The molecule has 2 fully saturated rings. The Kier molecular flexibility index (Phi) is 4.98. The van der Waals surface area contributed by atoms with Crippen molar-refractivity contribution in [1.29, 1.82) is 0 Å². The normalized spacial score (nSPS) is 25.0. The Bertz CT molecular complexity index is 482. The van der Waals surface area contributed by atoms with Crippen molar-refractivity contribution in [3.05, 3.63) is 30.3 Å². The SMILES string of the molecule is O=C(COc1ccccc1)N1CCC([C@H]2C[C@H]2CCO)CC1. The molecule has 0 spiro atoms. The molecular weight excluding hydrogens is 278 g/mol. The third-order valence-electron chi connectivity index (χ3n) is 5.08. The zero-order valence-electron chi connectivity index (χ0n) is 13.0. The molecule has 0 bridgehead atoms. The summed E-state index contributed by atoms with van der Waals surface area (Å²) >= 11 is 0. The second-order valence-electron chi connectivity index (χ2n) is 6.49. The van der Waals surface area contributed by atoms with Gasteiger partial charge in [0.15, 0.2) is 6.61 Å². The third-order valence-corrected chi connectivity index (χ3v) is 5.08. The Morgan fingerprint density at radius 1 is 1.23 bits per heavy atom. The average Bonchev–Trinajstić information content (AvgIpc) is 3.33. The van der Waals surface area contributed by atoms with Gasteiger partial charge in [-0.3, -0.25) is 4.79 Å². The van der Waals surface area contributed by atoms with Gasteiger partial charge in [-0.2, -0.15) is 0 Å². The Hall–Kier alpha value is -1.55. The van der Waals surface area contributed by atoms with Crippen LogP contribution in [-0.2, 0) is 4.79 Å². The van der Waals surface area contributed by atoms with Crippen LogP contribution in [0.5, 0.6) is 5.75 Å². The number of benzene rings is 1. The van der Waals surface area contributed by atoms with Gasteiger partial charge in [0.05, 0.1) is 0 Å². The molecule has 1 saturated heterocycles. The Balaban J connectivity index is 1.39. The fraction of sp³-hybridized carbons (Fsp3) is 0.611. The first-order valence-corrected chi connectivity index (χ1v) is 8.34. The van der Waals surface area contributed by atoms with Crippen molar-refractivity contribution < 1.29 is 14.6 Å². The van der Waals surface area contributed by atoms with Gasteiger partial charge in [0, 0.05) is 19.7 Å². The van der Waals surface area contributed by atoms with Crippen LogP contribution in [0.1, 0.15) is 25.7 Å². The highest BCUT2D eigenvalue weighted by molar-refractivity contribution is 5.77. The molecule has 0 aromatic heterocycles. The quantitative estimate of drug-likeness (QED) is 0.877. The Morgan fingerprint density at radius 3 is 2.64 bits per heavy atom. The van der Waals surface area contributed by atoms with Crippen LogP contribution in [0.25, 0.3) is 0 Å². The van der Waals surface area contributed by atoms with Gasteiger partial charge in [0.1, 0.15) is 5.75 Å². The summed E-state index contributed by atoms with van der Waals surface area (Å²) in [6, 6.07) is 9.48. The fourth-order valence-electron chi connectivity index (χ4n) is 3.68. The molecule has 1 aromatic rings. The van der Waals surface area contributed by atoms with Gasteiger partial charge in [0.25, 0.3) is 5.91 Å². The van der Waals surface area contributed by atoms with Crippen LogP contribution in [0.4, 0.5) is 0 Å². The Labute approximate surface area is 132 Å². The second-order valence-corrected chi connectivity index (χ2v) is 6.49. The van der Waals surface area contributed by atoms with E-state index < -0.39 is 0 Å². The molecule has 3 rings (SSSR count). The van der Waals surface area contributed by atoms with Crippen molar-refractivity contribution in [3.63, 3.8) is 0 Å². The zero-order valence-corrected chi connectivity index (χ0v) is 13.0. The molecule has 1 N–H and O–H groups in total. The standard InChI is InChI=1S/C18H25NO3/c20-11-8-15-12-17(15)14-6-9-19(10-7-14)18(21)13-22-16-4-2-1-3-5-16/h1-5,14-15,17,20H,6-13H2/t15-,17-/m1/s1. The maximum absolute atomic E-state index is 12.2. The van der Waals surface area contributed by atoms with E-state index in [0.717, 1.165) is 55.9 Å². The summed E-state index contributed by atoms with van der Waals surface area (Å²) in [5.74, 6) is 3.11. The van der Waals surface area contributed by atoms with Crippen molar-refractivity contribution in [1.82, 2.24) is 4.90 Å². The average molecular weight is 303 g/mol. The lowest BCUT2D eigenvalue weighted by molar-refractivity contribution is -0.134. The summed E-state index contributed by atoms with van der Waals surface area (Å²) in [5, 5.41) is 8.99. The van der Waals surface area contributed by atoms with Crippen molar-refractivity contribution in [2.45, 2.75) is 25.7 Å². The number of hydrogen-bond acceptors (Lipinski definition) is 3. The highest BCUT2D eigenvalue weighted by Gasteiger charge is 2.43. The summed E-state index contributed by atoms with van der Waals surface area (Å²) in [6.07, 6.45) is 4.43. The van der Waals surface area contributed by atoms with Crippen LogP contribution in [0.3, 0.4) is 0 Å². The molecule has 0 radical (unpaired) electrons. The van der Waals surface area contributed by atoms with E-state index in [1.807, 2.05) is 35.2 Å². The summed E-state index contributed by atoms with van der Waals surface area (Å²) in [5.41, 5.74) is 0. The molecule has 4 nitrogen and oxygen atoms in total. The first-order valence-electron chi connectivity index (χ1n) is 8.34. The van der Waals surface area contributed by atoms with Gasteiger partial charge in [-0.05, 0) is 55.6 Å². The summed E-state index contributed by atoms with van der Waals surface area (Å²) in [6.45, 7) is 2.15. The van der Waals surface area contributed by atoms with Gasteiger partial charge >= 0.3 is 0 Å². The van der Waals surface area contributed by atoms with E-state index in [-0.39, 0.29) is 12.5 Å². The minimum absolute atomic E-state index is 0.0880. The van der Waals surface area contributed by atoms with Crippen LogP contribution in [0.15, 0.2) is 30.3 Å². The highest BCUT2D eigenvalue weighted by atomic mass is 16.5. The molecule has 2 aliphatic rings. The number of nitrogens with zero attached hydrogens (tertiary/aromatic N) is 1. The number of para-hydroxylation sites is 1. The van der Waals surface area contributed by atoms with E-state index in [4.69, 9.17) is 9.84 Å². The molecule has 2 atom stereocenters. The van der Waals surface area contributed by atoms with E-state index in [9.17, 15) is 4.79 Å².